The van der Waals surface area contributed by atoms with Gasteiger partial charge in [-0.1, -0.05) is 5.16 Å². The number of benzene rings is 2. The van der Waals surface area contributed by atoms with Crippen LogP contribution in [0.2, 0.25) is 0 Å². The number of ether oxygens (including phenoxy) is 2. The summed E-state index contributed by atoms with van der Waals surface area (Å²) in [5.41, 5.74) is 3.63. The van der Waals surface area contributed by atoms with Gasteiger partial charge in [-0.3, -0.25) is 24.5 Å². The number of nitrogens with one attached hydrogen (secondary N) is 1. The Morgan fingerprint density at radius 2 is 1.97 bits per heavy atom. The van der Waals surface area contributed by atoms with E-state index in [0.29, 0.717) is 17.0 Å². The maximum Gasteiger partial charge on any atom is 0.308 e. The molecule has 2 amide bonds. The molecule has 1 heterocycles. The fourth-order valence-corrected chi connectivity index (χ4v) is 3.21. The number of carboxylic acid groups (broad SMARTS) is 1. The topological polar surface area (TPSA) is 193 Å². The van der Waals surface area contributed by atoms with Gasteiger partial charge in [-0.25, -0.2) is 0 Å². The molecule has 0 bridgehead atoms. The van der Waals surface area contributed by atoms with Crippen LogP contribution in [0.15, 0.2) is 47.6 Å². The van der Waals surface area contributed by atoms with Gasteiger partial charge in [-0.05, 0) is 35.9 Å². The number of anilines is 1. The monoisotopic (exact) mass is 472 g/mol. The first kappa shape index (κ1) is 24.0. The number of hydrogen-bond donors (Lipinski definition) is 3. The zero-order valence-electron chi connectivity index (χ0n) is 17.8. The highest BCUT2D eigenvalue weighted by molar-refractivity contribution is 6.09. The maximum atomic E-state index is 13.1. The molecule has 13 nitrogen and oxygen atoms in total. The van der Waals surface area contributed by atoms with Gasteiger partial charge in [0.2, 0.25) is 5.60 Å². The zero-order chi connectivity index (χ0) is 24.9. The van der Waals surface area contributed by atoms with Crippen molar-refractivity contribution in [2.45, 2.75) is 18.4 Å². The number of rotatable bonds is 10. The molecule has 2 aromatic rings. The smallest absolute Gasteiger partial charge is 0.308 e. The average molecular weight is 472 g/mol. The summed E-state index contributed by atoms with van der Waals surface area (Å²) in [5.74, 6) is -2.31. The molecule has 1 aliphatic heterocycles. The summed E-state index contributed by atoms with van der Waals surface area (Å²) in [7, 11) is 1.31. The second-order valence-corrected chi connectivity index (χ2v) is 7.25. The van der Waals surface area contributed by atoms with E-state index in [0.717, 1.165) is 6.07 Å². The molecule has 3 rings (SSSR count). The largest absolute Gasteiger partial charge is 0.495 e. The van der Waals surface area contributed by atoms with Crippen LogP contribution >= 0.6 is 0 Å². The predicted molar refractivity (Wildman–Crippen MR) is 117 cm³/mol. The van der Waals surface area contributed by atoms with E-state index in [1.165, 1.54) is 19.2 Å². The molecular weight excluding hydrogens is 452 g/mol. The summed E-state index contributed by atoms with van der Waals surface area (Å²) in [6.07, 6.45) is -0.910. The number of nitro groups is 1. The van der Waals surface area contributed by atoms with E-state index in [-0.39, 0.29) is 30.2 Å². The predicted octanol–water partition coefficient (Wildman–Crippen LogP) is 1.44. The van der Waals surface area contributed by atoms with Crippen molar-refractivity contribution >= 4 is 34.9 Å². The number of oxime groups is 1. The number of nitrogens with two attached hydrogens (primary N) is 1. The molecule has 0 radical (unpaired) electrons. The van der Waals surface area contributed by atoms with Gasteiger partial charge in [0.25, 0.3) is 17.5 Å². The summed E-state index contributed by atoms with van der Waals surface area (Å²) in [4.78, 5) is 51.3. The number of nitro benzene ring substituents is 1. The van der Waals surface area contributed by atoms with Gasteiger partial charge in [0.1, 0.15) is 11.5 Å². The average Bonchev–Trinajstić information content (AvgIpc) is 3.22. The number of carboxylic acids is 1. The van der Waals surface area contributed by atoms with Crippen LogP contribution in [-0.2, 0) is 19.2 Å². The van der Waals surface area contributed by atoms with Gasteiger partial charge in [0.05, 0.1) is 29.9 Å². The molecule has 1 atom stereocenters. The highest BCUT2D eigenvalue weighted by Crippen LogP contribution is 2.35. The van der Waals surface area contributed by atoms with Gasteiger partial charge < -0.3 is 30.5 Å². The molecule has 13 heteroatoms. The lowest BCUT2D eigenvalue weighted by molar-refractivity contribution is -0.384. The third-order valence-electron chi connectivity index (χ3n) is 4.84. The van der Waals surface area contributed by atoms with Gasteiger partial charge in [0.15, 0.2) is 6.61 Å². The Morgan fingerprint density at radius 3 is 2.56 bits per heavy atom. The maximum absolute atomic E-state index is 13.1. The normalized spacial score (nSPS) is 16.7. The van der Waals surface area contributed by atoms with Crippen molar-refractivity contribution in [2.75, 3.05) is 19.0 Å². The summed E-state index contributed by atoms with van der Waals surface area (Å²) in [6, 6.07) is 9.88. The molecule has 0 saturated heterocycles. The van der Waals surface area contributed by atoms with Crippen molar-refractivity contribution in [3.05, 3.63) is 58.1 Å². The number of aliphatic carboxylic acids is 1. The summed E-state index contributed by atoms with van der Waals surface area (Å²) in [5, 5.41) is 26.9. The molecule has 0 aliphatic carbocycles. The van der Waals surface area contributed by atoms with Crippen LogP contribution in [0.4, 0.5) is 11.4 Å². The lowest BCUT2D eigenvalue weighted by Gasteiger charge is -2.24. The third-order valence-corrected chi connectivity index (χ3v) is 4.84. The number of non-ortho nitro benzene ring substituents is 1. The number of amides is 2. The van der Waals surface area contributed by atoms with Crippen LogP contribution in [0.3, 0.4) is 0 Å². The zero-order valence-corrected chi connectivity index (χ0v) is 17.8. The van der Waals surface area contributed by atoms with E-state index < -0.39 is 34.7 Å². The van der Waals surface area contributed by atoms with Crippen LogP contribution < -0.4 is 20.5 Å². The minimum atomic E-state index is -1.90. The molecule has 4 N–H and O–H groups in total. The molecule has 0 spiro atoms. The molecule has 178 valence electrons. The number of nitrogens with zero attached hydrogens (tertiary/aromatic N) is 2. The van der Waals surface area contributed by atoms with Crippen molar-refractivity contribution in [3.63, 3.8) is 0 Å². The standard InChI is InChI=1S/C21H20N4O9/c1-32-17-7-4-13(25(30)31)8-15(17)23-20(29)21(10-19(27)28)9-16(24-34-21)12-2-5-14(6-3-12)33-11-18(22)26/h2-8H,9-11H2,1H3,(H2,22,26)(H,23,29)(H,27,28)/t21-/m1/s1. The van der Waals surface area contributed by atoms with Crippen LogP contribution in [-0.4, -0.2) is 52.8 Å². The van der Waals surface area contributed by atoms with Crippen LogP contribution in [0.25, 0.3) is 0 Å². The Bertz CT molecular complexity index is 1160. The van der Waals surface area contributed by atoms with Crippen molar-refractivity contribution in [1.82, 2.24) is 0 Å². The number of carbonyl (C=O) groups excluding carboxylic acids is 2. The van der Waals surface area contributed by atoms with Crippen LogP contribution in [0.5, 0.6) is 11.5 Å². The summed E-state index contributed by atoms with van der Waals surface area (Å²) in [6.45, 7) is -0.299. The minimum Gasteiger partial charge on any atom is -0.495 e. The lowest BCUT2D eigenvalue weighted by Crippen LogP contribution is -2.45. The minimum absolute atomic E-state index is 0.0283. The van der Waals surface area contributed by atoms with Crippen molar-refractivity contribution in [1.29, 1.82) is 0 Å². The van der Waals surface area contributed by atoms with Crippen molar-refractivity contribution in [2.24, 2.45) is 10.9 Å². The molecular formula is C21H20N4O9. The van der Waals surface area contributed by atoms with E-state index in [9.17, 15) is 29.6 Å². The first-order valence-electron chi connectivity index (χ1n) is 9.76. The highest BCUT2D eigenvalue weighted by Gasteiger charge is 2.49. The summed E-state index contributed by atoms with van der Waals surface area (Å²) < 4.78 is 10.3. The Hall–Kier alpha value is -4.68. The Balaban J connectivity index is 1.82. The Labute approximate surface area is 192 Å². The molecule has 0 unspecified atom stereocenters. The van der Waals surface area contributed by atoms with E-state index in [1.807, 2.05) is 0 Å². The first-order valence-corrected chi connectivity index (χ1v) is 9.76. The van der Waals surface area contributed by atoms with Crippen LogP contribution in [0.1, 0.15) is 18.4 Å². The van der Waals surface area contributed by atoms with E-state index >= 15 is 0 Å². The first-order chi connectivity index (χ1) is 16.1. The van der Waals surface area contributed by atoms with Crippen molar-refractivity contribution < 1.29 is 38.7 Å². The SMILES string of the molecule is COc1ccc([N+](=O)[O-])cc1NC(=O)[C@]1(CC(=O)O)CC(c2ccc(OCC(N)=O)cc2)=NO1. The van der Waals surface area contributed by atoms with Gasteiger partial charge >= 0.3 is 5.97 Å². The molecule has 2 aromatic carbocycles. The van der Waals surface area contributed by atoms with Gasteiger partial charge in [0, 0.05) is 18.6 Å². The Morgan fingerprint density at radius 1 is 1.26 bits per heavy atom. The molecule has 0 aromatic heterocycles. The second kappa shape index (κ2) is 9.85. The van der Waals surface area contributed by atoms with E-state index in [2.05, 4.69) is 10.5 Å². The van der Waals surface area contributed by atoms with Crippen molar-refractivity contribution in [3.8, 4) is 11.5 Å². The van der Waals surface area contributed by atoms with E-state index in [1.54, 1.807) is 24.3 Å². The van der Waals surface area contributed by atoms with Gasteiger partial charge in [-0.15, -0.1) is 0 Å². The highest BCUT2D eigenvalue weighted by atomic mass is 16.7. The quantitative estimate of drug-likeness (QED) is 0.339. The number of carbonyl (C=O) groups is 3. The van der Waals surface area contributed by atoms with Gasteiger partial charge in [-0.2, -0.15) is 0 Å². The Kier molecular flexibility index (Phi) is 6.95. The molecule has 34 heavy (non-hydrogen) atoms. The molecule has 1 aliphatic rings. The lowest BCUT2D eigenvalue weighted by atomic mass is 9.90. The summed E-state index contributed by atoms with van der Waals surface area (Å²) >= 11 is 0. The molecule has 0 saturated carbocycles. The fourth-order valence-electron chi connectivity index (χ4n) is 3.21. The number of hydrogen-bond acceptors (Lipinski definition) is 9. The fraction of sp³-hybridized carbons (Fsp3) is 0.238. The number of methoxy groups -OCH3 is 1. The van der Waals surface area contributed by atoms with E-state index in [4.69, 9.17) is 20.0 Å². The van der Waals surface area contributed by atoms with Crippen LogP contribution in [0, 0.1) is 10.1 Å². The number of primary amides is 1. The third kappa shape index (κ3) is 5.38. The second-order valence-electron chi connectivity index (χ2n) is 7.25. The molecule has 0 fully saturated rings.